The molecule has 2 heterocycles. The fourth-order valence-electron chi connectivity index (χ4n) is 3.78. The Bertz CT molecular complexity index is 1310. The summed E-state index contributed by atoms with van der Waals surface area (Å²) in [4.78, 5) is 33.7. The van der Waals surface area contributed by atoms with Crippen molar-refractivity contribution in [1.29, 1.82) is 0 Å². The number of rotatable bonds is 4. The second kappa shape index (κ2) is 9.32. The molecule has 170 valence electrons. The predicted molar refractivity (Wildman–Crippen MR) is 124 cm³/mol. The fourth-order valence-corrected chi connectivity index (χ4v) is 3.78. The maximum Gasteiger partial charge on any atom is 0.258 e. The first-order valence-corrected chi connectivity index (χ1v) is 10.6. The van der Waals surface area contributed by atoms with Crippen LogP contribution in [0.2, 0.25) is 0 Å². The number of H-pyrrole nitrogens is 1. The van der Waals surface area contributed by atoms with Gasteiger partial charge in [0.25, 0.3) is 11.5 Å². The molecule has 1 aliphatic rings. The Kier molecular flexibility index (Phi) is 6.30. The van der Waals surface area contributed by atoms with E-state index >= 15 is 0 Å². The number of aromatic nitrogens is 1. The predicted octanol–water partition coefficient (Wildman–Crippen LogP) is 3.74. The number of fused-ring (bicyclic) bond motifs is 1. The third-order valence-corrected chi connectivity index (χ3v) is 5.82. The average Bonchev–Trinajstić information content (AvgIpc) is 2.81. The summed E-state index contributed by atoms with van der Waals surface area (Å²) in [5, 5.41) is 3.90. The highest BCUT2D eigenvalue weighted by molar-refractivity contribution is 6.38. The summed E-state index contributed by atoms with van der Waals surface area (Å²) >= 11 is 0. The number of benzene rings is 2. The second-order valence-corrected chi connectivity index (χ2v) is 8.16. The third kappa shape index (κ3) is 4.82. The third-order valence-electron chi connectivity index (χ3n) is 5.82. The zero-order chi connectivity index (χ0) is 23.5. The van der Waals surface area contributed by atoms with Gasteiger partial charge in [-0.2, -0.15) is 5.10 Å². The van der Waals surface area contributed by atoms with Gasteiger partial charge in [-0.3, -0.25) is 14.6 Å². The second-order valence-electron chi connectivity index (χ2n) is 8.16. The number of nitrogens with two attached hydrogens (primary N) is 1. The van der Waals surface area contributed by atoms with Crippen LogP contribution >= 0.6 is 0 Å². The van der Waals surface area contributed by atoms with Crippen molar-refractivity contribution in [1.82, 2.24) is 9.88 Å². The van der Waals surface area contributed by atoms with Crippen molar-refractivity contribution in [2.45, 2.75) is 19.8 Å². The normalized spacial score (nSPS) is 15.5. The van der Waals surface area contributed by atoms with Gasteiger partial charge in [-0.25, -0.2) is 8.78 Å². The van der Waals surface area contributed by atoms with Gasteiger partial charge in [0, 0.05) is 30.1 Å². The Morgan fingerprint density at radius 1 is 1.12 bits per heavy atom. The van der Waals surface area contributed by atoms with Gasteiger partial charge in [-0.1, -0.05) is 6.92 Å². The smallest absolute Gasteiger partial charge is 0.258 e. The molecule has 9 heteroatoms. The molecule has 33 heavy (non-hydrogen) atoms. The molecule has 1 aromatic heterocycles. The fraction of sp³-hybridized carbons (Fsp3) is 0.250. The van der Waals surface area contributed by atoms with Gasteiger partial charge in [0.2, 0.25) is 0 Å². The molecule has 0 atom stereocenters. The van der Waals surface area contributed by atoms with E-state index in [9.17, 15) is 18.4 Å². The Morgan fingerprint density at radius 3 is 2.45 bits per heavy atom. The van der Waals surface area contributed by atoms with Gasteiger partial charge in [0.15, 0.2) is 11.6 Å². The Balaban J connectivity index is 1.53. The number of nitrogens with zero attached hydrogens (tertiary/aromatic N) is 3. The van der Waals surface area contributed by atoms with Crippen LogP contribution in [0.1, 0.15) is 35.7 Å². The van der Waals surface area contributed by atoms with Gasteiger partial charge >= 0.3 is 0 Å². The summed E-state index contributed by atoms with van der Waals surface area (Å²) in [5.74, 6) is 3.99. The number of halogens is 2. The van der Waals surface area contributed by atoms with Crippen LogP contribution in [0, 0.1) is 17.6 Å². The number of piperidine rings is 1. The standard InChI is InChI=1S/C24H23F2N5O2/c1-14-6-8-31(9-7-14)24(33)15-2-4-17(5-3-15)28-13-22(30-27)18-10-16-11-19(25)20(26)12-21(16)29-23(18)32/h2-5,10-14H,6-9,27H2,1H3,(H,29,32). The van der Waals surface area contributed by atoms with Crippen molar-refractivity contribution in [3.8, 4) is 0 Å². The molecule has 0 spiro atoms. The van der Waals surface area contributed by atoms with Gasteiger partial charge in [-0.05, 0) is 55.2 Å². The minimum absolute atomic E-state index is 0.00648. The molecule has 1 aliphatic heterocycles. The summed E-state index contributed by atoms with van der Waals surface area (Å²) in [5.41, 5.74) is 0.818. The number of carbonyl (C=O) groups is 1. The molecule has 0 aliphatic carbocycles. The number of hydrogen-bond acceptors (Lipinski definition) is 5. The molecule has 3 N–H and O–H groups in total. The number of amides is 1. The molecular formula is C24H23F2N5O2. The van der Waals surface area contributed by atoms with Crippen LogP contribution in [-0.4, -0.2) is 40.8 Å². The number of pyridine rings is 1. The van der Waals surface area contributed by atoms with Crippen LogP contribution in [0.4, 0.5) is 14.5 Å². The largest absolute Gasteiger partial charge is 0.339 e. The SMILES string of the molecule is CC1CCN(C(=O)c2ccc(N=CC(=NN)c3cc4cc(F)c(F)cc4[nH]c3=O)cc2)CC1. The van der Waals surface area contributed by atoms with Crippen molar-refractivity contribution < 1.29 is 13.6 Å². The minimum Gasteiger partial charge on any atom is -0.339 e. The van der Waals surface area contributed by atoms with E-state index in [0.29, 0.717) is 17.2 Å². The first-order chi connectivity index (χ1) is 15.9. The molecule has 0 bridgehead atoms. The van der Waals surface area contributed by atoms with Gasteiger partial charge in [-0.15, -0.1) is 0 Å². The van der Waals surface area contributed by atoms with Crippen LogP contribution in [0.5, 0.6) is 0 Å². The van der Waals surface area contributed by atoms with Crippen molar-refractivity contribution >= 4 is 34.4 Å². The molecule has 1 saturated heterocycles. The van der Waals surface area contributed by atoms with Crippen LogP contribution in [-0.2, 0) is 0 Å². The number of hydrogen-bond donors (Lipinski definition) is 2. The van der Waals surface area contributed by atoms with Gasteiger partial charge in [0.05, 0.1) is 23.0 Å². The highest BCUT2D eigenvalue weighted by Gasteiger charge is 2.21. The monoisotopic (exact) mass is 451 g/mol. The van der Waals surface area contributed by atoms with E-state index < -0.39 is 17.2 Å². The summed E-state index contributed by atoms with van der Waals surface area (Å²) in [6.45, 7) is 3.71. The summed E-state index contributed by atoms with van der Waals surface area (Å²) in [6.07, 6.45) is 3.31. The maximum absolute atomic E-state index is 13.6. The molecule has 0 radical (unpaired) electrons. The first kappa shape index (κ1) is 22.3. The van der Waals surface area contributed by atoms with E-state index in [2.05, 4.69) is 22.0 Å². The molecule has 0 unspecified atom stereocenters. The number of aromatic amines is 1. The lowest BCUT2D eigenvalue weighted by atomic mass is 9.98. The van der Waals surface area contributed by atoms with Gasteiger partial charge < -0.3 is 15.7 Å². The van der Waals surface area contributed by atoms with Crippen LogP contribution in [0.15, 0.2) is 57.4 Å². The molecule has 1 fully saturated rings. The topological polar surface area (TPSA) is 104 Å². The summed E-state index contributed by atoms with van der Waals surface area (Å²) in [7, 11) is 0. The van der Waals surface area contributed by atoms with Crippen molar-refractivity contribution in [2.24, 2.45) is 21.9 Å². The Hall–Kier alpha value is -3.88. The van der Waals surface area contributed by atoms with E-state index in [1.807, 2.05) is 4.90 Å². The van der Waals surface area contributed by atoms with Crippen molar-refractivity contribution in [2.75, 3.05) is 13.1 Å². The highest BCUT2D eigenvalue weighted by Crippen LogP contribution is 2.20. The molecule has 4 rings (SSSR count). The Labute approximate surface area is 188 Å². The van der Waals surface area contributed by atoms with E-state index in [-0.39, 0.29) is 28.1 Å². The van der Waals surface area contributed by atoms with E-state index in [1.54, 1.807) is 24.3 Å². The van der Waals surface area contributed by atoms with Crippen molar-refractivity contribution in [3.63, 3.8) is 0 Å². The minimum atomic E-state index is -1.06. The van der Waals surface area contributed by atoms with Crippen LogP contribution < -0.4 is 11.4 Å². The molecular weight excluding hydrogens is 428 g/mol. The lowest BCUT2D eigenvalue weighted by molar-refractivity contribution is 0.0697. The number of nitrogens with one attached hydrogen (secondary N) is 1. The molecule has 1 amide bonds. The zero-order valence-electron chi connectivity index (χ0n) is 18.0. The average molecular weight is 451 g/mol. The lowest BCUT2D eigenvalue weighted by Crippen LogP contribution is -2.37. The molecule has 2 aromatic carbocycles. The van der Waals surface area contributed by atoms with Crippen molar-refractivity contribution in [3.05, 3.63) is 75.6 Å². The summed E-state index contributed by atoms with van der Waals surface area (Å²) in [6, 6.07) is 10.0. The Morgan fingerprint density at radius 2 is 1.79 bits per heavy atom. The zero-order valence-corrected chi connectivity index (χ0v) is 18.0. The van der Waals surface area contributed by atoms with Crippen LogP contribution in [0.25, 0.3) is 10.9 Å². The quantitative estimate of drug-likeness (QED) is 0.359. The van der Waals surface area contributed by atoms with E-state index in [0.717, 1.165) is 38.1 Å². The van der Waals surface area contributed by atoms with Gasteiger partial charge in [0.1, 0.15) is 5.71 Å². The number of carbonyl (C=O) groups excluding carboxylic acids is 1. The summed E-state index contributed by atoms with van der Waals surface area (Å²) < 4.78 is 27.0. The molecule has 7 nitrogen and oxygen atoms in total. The number of hydrazone groups is 1. The number of aliphatic imine (C=N–C) groups is 1. The molecule has 0 saturated carbocycles. The maximum atomic E-state index is 13.6. The van der Waals surface area contributed by atoms with E-state index in [1.165, 1.54) is 12.3 Å². The van der Waals surface area contributed by atoms with Crippen LogP contribution in [0.3, 0.4) is 0 Å². The first-order valence-electron chi connectivity index (χ1n) is 10.6. The molecule has 3 aromatic rings. The van der Waals surface area contributed by atoms with E-state index in [4.69, 9.17) is 5.84 Å². The number of likely N-dealkylation sites (tertiary alicyclic amines) is 1. The highest BCUT2D eigenvalue weighted by atomic mass is 19.2. The lowest BCUT2D eigenvalue weighted by Gasteiger charge is -2.30.